The Bertz CT molecular complexity index is 1000. The second kappa shape index (κ2) is 10.6. The lowest BCUT2D eigenvalue weighted by atomic mass is 10.1. The highest BCUT2D eigenvalue weighted by molar-refractivity contribution is 9.10. The van der Waals surface area contributed by atoms with Crippen molar-refractivity contribution in [1.82, 2.24) is 0 Å². The summed E-state index contributed by atoms with van der Waals surface area (Å²) in [6, 6.07) is 21.9. The van der Waals surface area contributed by atoms with Crippen molar-refractivity contribution in [1.29, 1.82) is 0 Å². The van der Waals surface area contributed by atoms with Crippen LogP contribution in [0, 0.1) is 0 Å². The van der Waals surface area contributed by atoms with Crippen LogP contribution in [0.4, 0.5) is 5.69 Å². The quantitative estimate of drug-likeness (QED) is 0.344. The van der Waals surface area contributed by atoms with Gasteiger partial charge in [0.25, 0.3) is 0 Å². The first-order valence-corrected chi connectivity index (χ1v) is 10.4. The monoisotopic (exact) mass is 467 g/mol. The summed E-state index contributed by atoms with van der Waals surface area (Å²) >= 11 is 3.39. The molecule has 0 bridgehead atoms. The standard InChI is InChI=1S/C24H22BrNO4/c1-2-23(27)26-19-9-11-20(12-10-19)30-24(28)21-16-18(25)8-13-22(21)29-15-14-17-6-4-3-5-7-17/h3-13,16H,2,14-15H2,1H3,(H,26,27). The Morgan fingerprint density at radius 2 is 1.70 bits per heavy atom. The Morgan fingerprint density at radius 1 is 0.967 bits per heavy atom. The summed E-state index contributed by atoms with van der Waals surface area (Å²) in [4.78, 5) is 24.2. The third kappa shape index (κ3) is 6.19. The lowest BCUT2D eigenvalue weighted by Gasteiger charge is -2.12. The van der Waals surface area contributed by atoms with Gasteiger partial charge in [0.1, 0.15) is 17.1 Å². The number of benzene rings is 3. The zero-order valence-corrected chi connectivity index (χ0v) is 18.1. The van der Waals surface area contributed by atoms with E-state index in [1.54, 1.807) is 43.3 Å². The van der Waals surface area contributed by atoms with Gasteiger partial charge < -0.3 is 14.8 Å². The molecule has 154 valence electrons. The fraction of sp³-hybridized carbons (Fsp3) is 0.167. The van der Waals surface area contributed by atoms with Crippen LogP contribution in [0.5, 0.6) is 11.5 Å². The molecule has 0 aromatic heterocycles. The third-order valence-electron chi connectivity index (χ3n) is 4.32. The van der Waals surface area contributed by atoms with Crippen LogP contribution < -0.4 is 14.8 Å². The lowest BCUT2D eigenvalue weighted by molar-refractivity contribution is -0.115. The van der Waals surface area contributed by atoms with E-state index in [-0.39, 0.29) is 5.91 Å². The number of hydrogen-bond acceptors (Lipinski definition) is 4. The molecule has 5 nitrogen and oxygen atoms in total. The molecule has 0 saturated carbocycles. The molecule has 0 aliphatic rings. The average Bonchev–Trinajstić information content (AvgIpc) is 2.76. The third-order valence-corrected chi connectivity index (χ3v) is 4.82. The maximum absolute atomic E-state index is 12.7. The predicted octanol–water partition coefficient (Wildman–Crippen LogP) is 5.64. The highest BCUT2D eigenvalue weighted by Crippen LogP contribution is 2.26. The zero-order chi connectivity index (χ0) is 21.3. The highest BCUT2D eigenvalue weighted by Gasteiger charge is 2.16. The molecule has 30 heavy (non-hydrogen) atoms. The van der Waals surface area contributed by atoms with E-state index in [1.807, 2.05) is 36.4 Å². The van der Waals surface area contributed by atoms with E-state index < -0.39 is 5.97 Å². The molecule has 0 aliphatic carbocycles. The van der Waals surface area contributed by atoms with Gasteiger partial charge in [0, 0.05) is 23.0 Å². The molecular weight excluding hydrogens is 446 g/mol. The average molecular weight is 468 g/mol. The van der Waals surface area contributed by atoms with Crippen molar-refractivity contribution < 1.29 is 19.1 Å². The molecule has 0 atom stereocenters. The van der Waals surface area contributed by atoms with Crippen LogP contribution in [0.3, 0.4) is 0 Å². The van der Waals surface area contributed by atoms with Crippen molar-refractivity contribution in [3.05, 3.63) is 88.4 Å². The largest absolute Gasteiger partial charge is 0.492 e. The van der Waals surface area contributed by atoms with E-state index in [0.717, 1.165) is 16.5 Å². The van der Waals surface area contributed by atoms with Crippen LogP contribution in [-0.2, 0) is 11.2 Å². The summed E-state index contributed by atoms with van der Waals surface area (Å²) in [5.74, 6) is 0.248. The van der Waals surface area contributed by atoms with Gasteiger partial charge >= 0.3 is 5.97 Å². The van der Waals surface area contributed by atoms with Crippen molar-refractivity contribution in [2.75, 3.05) is 11.9 Å². The van der Waals surface area contributed by atoms with Gasteiger partial charge in [0.15, 0.2) is 0 Å². The maximum Gasteiger partial charge on any atom is 0.347 e. The van der Waals surface area contributed by atoms with E-state index in [9.17, 15) is 9.59 Å². The molecule has 0 heterocycles. The van der Waals surface area contributed by atoms with Crippen molar-refractivity contribution in [3.8, 4) is 11.5 Å². The fourth-order valence-corrected chi connectivity index (χ4v) is 3.09. The molecule has 3 aromatic rings. The van der Waals surface area contributed by atoms with Gasteiger partial charge in [-0.25, -0.2) is 4.79 Å². The molecule has 3 rings (SSSR count). The molecule has 1 amide bonds. The molecule has 0 radical (unpaired) electrons. The first kappa shape index (κ1) is 21.6. The first-order valence-electron chi connectivity index (χ1n) is 9.63. The number of hydrogen-bond donors (Lipinski definition) is 1. The molecule has 0 fully saturated rings. The lowest BCUT2D eigenvalue weighted by Crippen LogP contribution is -2.12. The zero-order valence-electron chi connectivity index (χ0n) is 16.6. The van der Waals surface area contributed by atoms with E-state index >= 15 is 0 Å². The maximum atomic E-state index is 12.7. The van der Waals surface area contributed by atoms with Crippen LogP contribution in [0.15, 0.2) is 77.3 Å². The van der Waals surface area contributed by atoms with Gasteiger partial charge in [0.05, 0.1) is 6.61 Å². The van der Waals surface area contributed by atoms with Crippen molar-refractivity contribution in [2.24, 2.45) is 0 Å². The molecule has 0 spiro atoms. The van der Waals surface area contributed by atoms with Crippen LogP contribution in [0.2, 0.25) is 0 Å². The summed E-state index contributed by atoms with van der Waals surface area (Å²) in [6.45, 7) is 2.22. The van der Waals surface area contributed by atoms with Gasteiger partial charge in [-0.1, -0.05) is 53.2 Å². The Labute approximate surface area is 184 Å². The number of carbonyl (C=O) groups is 2. The van der Waals surface area contributed by atoms with Gasteiger partial charge in [-0.2, -0.15) is 0 Å². The summed E-state index contributed by atoms with van der Waals surface area (Å²) in [7, 11) is 0. The number of ether oxygens (including phenoxy) is 2. The number of halogens is 1. The number of nitrogens with one attached hydrogen (secondary N) is 1. The minimum Gasteiger partial charge on any atom is -0.492 e. The number of esters is 1. The number of carbonyl (C=O) groups excluding carboxylic acids is 2. The molecule has 0 unspecified atom stereocenters. The van der Waals surface area contributed by atoms with Gasteiger partial charge in [0.2, 0.25) is 5.91 Å². The summed E-state index contributed by atoms with van der Waals surface area (Å²) < 4.78 is 12.1. The van der Waals surface area contributed by atoms with Crippen molar-refractivity contribution >= 4 is 33.5 Å². The fourth-order valence-electron chi connectivity index (χ4n) is 2.73. The normalized spacial score (nSPS) is 10.3. The Balaban J connectivity index is 1.66. The molecule has 0 saturated heterocycles. The highest BCUT2D eigenvalue weighted by atomic mass is 79.9. The molecule has 3 aromatic carbocycles. The van der Waals surface area contributed by atoms with Crippen LogP contribution in [0.1, 0.15) is 29.3 Å². The number of amides is 1. The number of rotatable bonds is 8. The topological polar surface area (TPSA) is 64.6 Å². The van der Waals surface area contributed by atoms with E-state index in [1.165, 1.54) is 0 Å². The van der Waals surface area contributed by atoms with E-state index in [0.29, 0.717) is 35.8 Å². The Hall–Kier alpha value is -3.12. The smallest absolute Gasteiger partial charge is 0.347 e. The van der Waals surface area contributed by atoms with Crippen molar-refractivity contribution in [3.63, 3.8) is 0 Å². The van der Waals surface area contributed by atoms with Crippen molar-refractivity contribution in [2.45, 2.75) is 19.8 Å². The van der Waals surface area contributed by atoms with Gasteiger partial charge in [-0.05, 0) is 48.0 Å². The van der Waals surface area contributed by atoms with E-state index in [4.69, 9.17) is 9.47 Å². The van der Waals surface area contributed by atoms with Crippen LogP contribution >= 0.6 is 15.9 Å². The van der Waals surface area contributed by atoms with Crippen LogP contribution in [0.25, 0.3) is 0 Å². The van der Waals surface area contributed by atoms with Gasteiger partial charge in [-0.3, -0.25) is 4.79 Å². The summed E-state index contributed by atoms with van der Waals surface area (Å²) in [5, 5.41) is 2.75. The second-order valence-corrected chi connectivity index (χ2v) is 7.46. The predicted molar refractivity (Wildman–Crippen MR) is 120 cm³/mol. The summed E-state index contributed by atoms with van der Waals surface area (Å²) in [6.07, 6.45) is 1.13. The van der Waals surface area contributed by atoms with Gasteiger partial charge in [-0.15, -0.1) is 0 Å². The Morgan fingerprint density at radius 3 is 2.40 bits per heavy atom. The minimum absolute atomic E-state index is 0.0776. The molecule has 1 N–H and O–H groups in total. The van der Waals surface area contributed by atoms with Crippen LogP contribution in [-0.4, -0.2) is 18.5 Å². The molecule has 6 heteroatoms. The minimum atomic E-state index is -0.517. The summed E-state index contributed by atoms with van der Waals surface area (Å²) in [5.41, 5.74) is 2.14. The Kier molecular flexibility index (Phi) is 7.63. The molecular formula is C24H22BrNO4. The molecule has 0 aliphatic heterocycles. The number of anilines is 1. The SMILES string of the molecule is CCC(=O)Nc1ccc(OC(=O)c2cc(Br)ccc2OCCc2ccccc2)cc1. The first-order chi connectivity index (χ1) is 14.5. The second-order valence-electron chi connectivity index (χ2n) is 6.54. The van der Waals surface area contributed by atoms with E-state index in [2.05, 4.69) is 21.2 Å².